The fourth-order valence-electron chi connectivity index (χ4n) is 3.99. The van der Waals surface area contributed by atoms with Crippen molar-refractivity contribution in [2.24, 2.45) is 0 Å². The van der Waals surface area contributed by atoms with Crippen molar-refractivity contribution in [2.75, 3.05) is 38.0 Å². The van der Waals surface area contributed by atoms with Gasteiger partial charge in [-0.05, 0) is 36.4 Å². The van der Waals surface area contributed by atoms with Gasteiger partial charge < -0.3 is 19.5 Å². The number of amides is 1. The SMILES string of the molecule is CCc1ccccc1NC(=O)C[NH+]1CC[NH+]([C@@H](C)c2nnc(-c3cccs3)o2)CC1. The number of carbonyl (C=O) groups is 1. The molecule has 1 aliphatic heterocycles. The van der Waals surface area contributed by atoms with Crippen molar-refractivity contribution in [3.8, 4) is 10.8 Å². The monoisotopic (exact) mass is 427 g/mol. The predicted molar refractivity (Wildman–Crippen MR) is 117 cm³/mol. The second-order valence-electron chi connectivity index (χ2n) is 7.79. The molecule has 1 aliphatic rings. The van der Waals surface area contributed by atoms with Crippen LogP contribution in [0.2, 0.25) is 0 Å². The molecule has 1 saturated heterocycles. The molecular formula is C22H29N5O2S+2. The molecule has 0 radical (unpaired) electrons. The van der Waals surface area contributed by atoms with Gasteiger partial charge in [0, 0.05) is 5.69 Å². The molecule has 2 aromatic heterocycles. The van der Waals surface area contributed by atoms with Crippen LogP contribution in [0.5, 0.6) is 0 Å². The summed E-state index contributed by atoms with van der Waals surface area (Å²) in [4.78, 5) is 16.3. The quantitative estimate of drug-likeness (QED) is 0.522. The summed E-state index contributed by atoms with van der Waals surface area (Å²) >= 11 is 1.60. The number of hydrogen-bond donors (Lipinski definition) is 3. The Kier molecular flexibility index (Phi) is 6.56. The lowest BCUT2D eigenvalue weighted by Gasteiger charge is -2.31. The number of thiophene rings is 1. The Bertz CT molecular complexity index is 964. The molecule has 0 aliphatic carbocycles. The molecule has 1 amide bonds. The number of anilines is 1. The number of piperazine rings is 1. The third-order valence-electron chi connectivity index (χ3n) is 5.84. The summed E-state index contributed by atoms with van der Waals surface area (Å²) in [5.41, 5.74) is 2.10. The van der Waals surface area contributed by atoms with Crippen LogP contribution in [0.15, 0.2) is 46.2 Å². The molecule has 3 N–H and O–H groups in total. The molecule has 1 aromatic carbocycles. The smallest absolute Gasteiger partial charge is 0.279 e. The number of nitrogens with zero attached hydrogens (tertiary/aromatic N) is 2. The minimum absolute atomic E-state index is 0.0832. The molecule has 158 valence electrons. The number of benzene rings is 1. The van der Waals surface area contributed by atoms with Crippen LogP contribution in [0.25, 0.3) is 10.8 Å². The molecule has 3 aromatic rings. The highest BCUT2D eigenvalue weighted by Crippen LogP contribution is 2.24. The van der Waals surface area contributed by atoms with Gasteiger partial charge in [0.25, 0.3) is 17.7 Å². The minimum Gasteiger partial charge on any atom is -0.414 e. The average Bonchev–Trinajstić information content (AvgIpc) is 3.46. The zero-order valence-corrected chi connectivity index (χ0v) is 18.3. The van der Waals surface area contributed by atoms with Crippen LogP contribution < -0.4 is 15.1 Å². The second kappa shape index (κ2) is 9.51. The maximum atomic E-state index is 12.5. The van der Waals surface area contributed by atoms with Crippen LogP contribution in [-0.4, -0.2) is 48.8 Å². The van der Waals surface area contributed by atoms with Gasteiger partial charge in [0.15, 0.2) is 12.6 Å². The van der Waals surface area contributed by atoms with Crippen molar-refractivity contribution in [1.29, 1.82) is 0 Å². The number of nitrogens with one attached hydrogen (secondary N) is 3. The molecule has 8 heteroatoms. The molecule has 30 heavy (non-hydrogen) atoms. The second-order valence-corrected chi connectivity index (χ2v) is 8.74. The lowest BCUT2D eigenvalue weighted by molar-refractivity contribution is -1.02. The van der Waals surface area contributed by atoms with E-state index in [1.54, 1.807) is 11.3 Å². The summed E-state index contributed by atoms with van der Waals surface area (Å²) in [7, 11) is 0. The van der Waals surface area contributed by atoms with Crippen molar-refractivity contribution >= 4 is 22.9 Å². The van der Waals surface area contributed by atoms with E-state index in [-0.39, 0.29) is 11.9 Å². The summed E-state index contributed by atoms with van der Waals surface area (Å²) in [6.07, 6.45) is 0.910. The molecule has 0 spiro atoms. The van der Waals surface area contributed by atoms with Gasteiger partial charge >= 0.3 is 0 Å². The third kappa shape index (κ3) is 4.77. The first kappa shape index (κ1) is 20.7. The molecule has 3 heterocycles. The van der Waals surface area contributed by atoms with Crippen molar-refractivity contribution in [1.82, 2.24) is 10.2 Å². The van der Waals surface area contributed by atoms with Gasteiger partial charge in [-0.3, -0.25) is 4.79 Å². The van der Waals surface area contributed by atoms with E-state index >= 15 is 0 Å². The van der Waals surface area contributed by atoms with E-state index in [0.717, 1.165) is 43.2 Å². The van der Waals surface area contributed by atoms with Crippen LogP contribution in [-0.2, 0) is 11.2 Å². The zero-order chi connectivity index (χ0) is 20.9. The highest BCUT2D eigenvalue weighted by atomic mass is 32.1. The van der Waals surface area contributed by atoms with E-state index in [0.29, 0.717) is 18.3 Å². The Labute approximate surface area is 180 Å². The molecule has 1 fully saturated rings. The summed E-state index contributed by atoms with van der Waals surface area (Å²) in [5.74, 6) is 1.37. The van der Waals surface area contributed by atoms with Crippen LogP contribution >= 0.6 is 11.3 Å². The number of quaternary nitrogens is 2. The van der Waals surface area contributed by atoms with E-state index in [4.69, 9.17) is 4.42 Å². The lowest BCUT2D eigenvalue weighted by Crippen LogP contribution is -3.28. The first-order chi connectivity index (χ1) is 14.6. The standard InChI is InChI=1S/C22H27N5O2S/c1-3-17-7-4-5-8-18(17)23-20(28)15-26-10-12-27(13-11-26)16(2)21-24-25-22(29-21)19-9-6-14-30-19/h4-9,14,16H,3,10-13,15H2,1-2H3,(H,23,28)/p+2/t16-/m0/s1. The van der Waals surface area contributed by atoms with E-state index in [2.05, 4.69) is 35.4 Å². The maximum Gasteiger partial charge on any atom is 0.279 e. The molecule has 7 nitrogen and oxygen atoms in total. The molecule has 0 bridgehead atoms. The average molecular weight is 428 g/mol. The third-order valence-corrected chi connectivity index (χ3v) is 6.70. The van der Waals surface area contributed by atoms with Crippen LogP contribution in [0.1, 0.15) is 31.3 Å². The van der Waals surface area contributed by atoms with Crippen molar-refractivity contribution < 1.29 is 19.0 Å². The van der Waals surface area contributed by atoms with Crippen molar-refractivity contribution in [2.45, 2.75) is 26.3 Å². The summed E-state index contributed by atoms with van der Waals surface area (Å²) < 4.78 is 5.92. The summed E-state index contributed by atoms with van der Waals surface area (Å²) in [5, 5.41) is 13.6. The number of aryl methyl sites for hydroxylation is 1. The van der Waals surface area contributed by atoms with Crippen LogP contribution in [0.3, 0.4) is 0 Å². The van der Waals surface area contributed by atoms with Crippen molar-refractivity contribution in [3.05, 3.63) is 53.2 Å². The van der Waals surface area contributed by atoms with E-state index in [9.17, 15) is 4.79 Å². The van der Waals surface area contributed by atoms with Gasteiger partial charge in [-0.2, -0.15) is 0 Å². The van der Waals surface area contributed by atoms with Gasteiger partial charge in [-0.25, -0.2) is 0 Å². The molecule has 1 atom stereocenters. The Balaban J connectivity index is 1.28. The number of hydrogen-bond acceptors (Lipinski definition) is 5. The van der Waals surface area contributed by atoms with E-state index < -0.39 is 0 Å². The van der Waals surface area contributed by atoms with Gasteiger partial charge in [-0.1, -0.05) is 31.2 Å². The normalized spacial score (nSPS) is 20.1. The maximum absolute atomic E-state index is 12.5. The van der Waals surface area contributed by atoms with Crippen LogP contribution in [0.4, 0.5) is 5.69 Å². The van der Waals surface area contributed by atoms with Gasteiger partial charge in [0.1, 0.15) is 26.2 Å². The number of aromatic nitrogens is 2. The predicted octanol–water partition coefficient (Wildman–Crippen LogP) is 0.844. The fourth-order valence-corrected chi connectivity index (χ4v) is 4.63. The fraction of sp³-hybridized carbons (Fsp3) is 0.409. The first-order valence-electron chi connectivity index (χ1n) is 10.6. The first-order valence-corrected chi connectivity index (χ1v) is 11.4. The Hall–Kier alpha value is -2.55. The van der Waals surface area contributed by atoms with Crippen LogP contribution in [0, 0.1) is 0 Å². The molecule has 0 saturated carbocycles. The molecule has 0 unspecified atom stereocenters. The Morgan fingerprint density at radius 1 is 1.17 bits per heavy atom. The van der Waals surface area contributed by atoms with Gasteiger partial charge in [0.05, 0.1) is 4.88 Å². The Morgan fingerprint density at radius 3 is 2.70 bits per heavy atom. The van der Waals surface area contributed by atoms with Gasteiger partial charge in [0.2, 0.25) is 0 Å². The number of carbonyl (C=O) groups excluding carboxylic acids is 1. The Morgan fingerprint density at radius 2 is 1.97 bits per heavy atom. The largest absolute Gasteiger partial charge is 0.414 e. The number of rotatable bonds is 7. The summed E-state index contributed by atoms with van der Waals surface area (Å²) in [6.45, 7) is 8.61. The topological polar surface area (TPSA) is 76.9 Å². The summed E-state index contributed by atoms with van der Waals surface area (Å²) in [6, 6.07) is 12.1. The highest BCUT2D eigenvalue weighted by molar-refractivity contribution is 7.13. The van der Waals surface area contributed by atoms with E-state index in [1.807, 2.05) is 35.7 Å². The molecule has 4 rings (SSSR count). The zero-order valence-electron chi connectivity index (χ0n) is 17.5. The molecular weight excluding hydrogens is 398 g/mol. The lowest BCUT2D eigenvalue weighted by atomic mass is 10.1. The highest BCUT2D eigenvalue weighted by Gasteiger charge is 2.32. The van der Waals surface area contributed by atoms with Gasteiger partial charge in [-0.15, -0.1) is 21.5 Å². The van der Waals surface area contributed by atoms with E-state index in [1.165, 1.54) is 15.4 Å². The van der Waals surface area contributed by atoms with Crippen molar-refractivity contribution in [3.63, 3.8) is 0 Å². The number of para-hydroxylation sites is 1. The minimum atomic E-state index is 0.0832.